The Labute approximate surface area is 84.4 Å². The van der Waals surface area contributed by atoms with Crippen LogP contribution in [-0.2, 0) is 0 Å². The zero-order chi connectivity index (χ0) is 10.4. The number of nitrogens with zero attached hydrogens (tertiary/aromatic N) is 2. The lowest BCUT2D eigenvalue weighted by Gasteiger charge is -2.13. The molecule has 14 heavy (non-hydrogen) atoms. The Morgan fingerprint density at radius 3 is 2.79 bits per heavy atom. The molecule has 1 rings (SSSR count). The molecule has 0 aliphatic rings. The maximum absolute atomic E-state index is 5.45. The number of hydrogen-bond acceptors (Lipinski definition) is 4. The average Bonchev–Trinajstić information content (AvgIpc) is 2.64. The Bertz CT molecular complexity index is 231. The molecular formula is C9H19N5. The van der Waals surface area contributed by atoms with Crippen LogP contribution in [0, 0.1) is 5.92 Å². The van der Waals surface area contributed by atoms with Crippen molar-refractivity contribution in [1.82, 2.24) is 20.8 Å². The highest BCUT2D eigenvalue weighted by Crippen LogP contribution is 2.17. The Hall–Kier alpha value is -0.940. The van der Waals surface area contributed by atoms with E-state index in [4.69, 9.17) is 5.84 Å². The highest BCUT2D eigenvalue weighted by atomic mass is 15.3. The third-order valence-electron chi connectivity index (χ3n) is 2.27. The second kappa shape index (κ2) is 5.72. The van der Waals surface area contributed by atoms with Crippen LogP contribution in [0.25, 0.3) is 0 Å². The normalized spacial score (nSPS) is 13.4. The van der Waals surface area contributed by atoms with Gasteiger partial charge in [0.2, 0.25) is 0 Å². The Kier molecular flexibility index (Phi) is 4.55. The van der Waals surface area contributed by atoms with Gasteiger partial charge in [-0.25, -0.2) is 0 Å². The molecule has 5 heteroatoms. The van der Waals surface area contributed by atoms with E-state index in [1.165, 1.54) is 6.42 Å². The fraction of sp³-hybridized carbons (Fsp3) is 0.778. The van der Waals surface area contributed by atoms with Gasteiger partial charge in [0, 0.05) is 0 Å². The van der Waals surface area contributed by atoms with E-state index in [-0.39, 0.29) is 6.04 Å². The van der Waals surface area contributed by atoms with Crippen LogP contribution in [0.1, 0.15) is 44.8 Å². The number of H-pyrrole nitrogens is 1. The van der Waals surface area contributed by atoms with Crippen molar-refractivity contribution in [1.29, 1.82) is 0 Å². The molecule has 0 aliphatic carbocycles. The van der Waals surface area contributed by atoms with Crippen molar-refractivity contribution in [3.63, 3.8) is 0 Å². The molecule has 4 N–H and O–H groups in total. The van der Waals surface area contributed by atoms with Gasteiger partial charge in [-0.3, -0.25) is 11.3 Å². The number of aromatic nitrogens is 3. The second-order valence-corrected chi connectivity index (χ2v) is 3.94. The number of nitrogens with two attached hydrogens (primary N) is 1. The molecule has 0 saturated heterocycles. The van der Waals surface area contributed by atoms with Gasteiger partial charge in [0.05, 0.1) is 12.2 Å². The molecule has 0 radical (unpaired) electrons. The Morgan fingerprint density at radius 2 is 2.29 bits per heavy atom. The number of hydrazine groups is 1. The molecule has 0 aromatic carbocycles. The van der Waals surface area contributed by atoms with Crippen molar-refractivity contribution in [2.75, 3.05) is 0 Å². The first-order valence-corrected chi connectivity index (χ1v) is 5.05. The van der Waals surface area contributed by atoms with Crippen molar-refractivity contribution in [3.05, 3.63) is 11.9 Å². The van der Waals surface area contributed by atoms with Crippen LogP contribution in [0.3, 0.4) is 0 Å². The third-order valence-corrected chi connectivity index (χ3v) is 2.27. The van der Waals surface area contributed by atoms with E-state index in [1.807, 2.05) is 0 Å². The summed E-state index contributed by atoms with van der Waals surface area (Å²) in [5, 5.41) is 10.4. The van der Waals surface area contributed by atoms with Crippen LogP contribution in [-0.4, -0.2) is 15.4 Å². The van der Waals surface area contributed by atoms with Crippen molar-refractivity contribution in [3.8, 4) is 0 Å². The van der Waals surface area contributed by atoms with E-state index in [2.05, 4.69) is 34.7 Å². The summed E-state index contributed by atoms with van der Waals surface area (Å²) in [5.41, 5.74) is 3.64. The number of aromatic amines is 1. The lowest BCUT2D eigenvalue weighted by Crippen LogP contribution is -2.28. The largest absolute Gasteiger partial charge is 0.271 e. The second-order valence-electron chi connectivity index (χ2n) is 3.94. The fourth-order valence-corrected chi connectivity index (χ4v) is 1.43. The molecule has 1 aromatic rings. The summed E-state index contributed by atoms with van der Waals surface area (Å²) in [6, 6.07) is 0.118. The van der Waals surface area contributed by atoms with E-state index in [1.54, 1.807) is 6.20 Å². The van der Waals surface area contributed by atoms with E-state index in [0.717, 1.165) is 24.5 Å². The predicted octanol–water partition coefficient (Wildman–Crippen LogP) is 1.14. The van der Waals surface area contributed by atoms with Gasteiger partial charge >= 0.3 is 0 Å². The molecule has 5 nitrogen and oxygen atoms in total. The van der Waals surface area contributed by atoms with Crippen LogP contribution in [0.5, 0.6) is 0 Å². The summed E-state index contributed by atoms with van der Waals surface area (Å²) in [5.74, 6) is 6.19. The smallest absolute Gasteiger partial charge is 0.101 e. The lowest BCUT2D eigenvalue weighted by atomic mass is 10.0. The van der Waals surface area contributed by atoms with Crippen molar-refractivity contribution in [2.45, 2.75) is 39.2 Å². The monoisotopic (exact) mass is 197 g/mol. The molecular weight excluding hydrogens is 178 g/mol. The maximum atomic E-state index is 5.45. The molecule has 0 bridgehead atoms. The molecule has 1 aromatic heterocycles. The molecule has 0 saturated carbocycles. The van der Waals surface area contributed by atoms with Crippen LogP contribution in [0.4, 0.5) is 0 Å². The molecule has 1 atom stereocenters. The topological polar surface area (TPSA) is 79.6 Å². The van der Waals surface area contributed by atoms with Crippen LogP contribution in [0.2, 0.25) is 0 Å². The van der Waals surface area contributed by atoms with Gasteiger partial charge in [0.15, 0.2) is 0 Å². The quantitative estimate of drug-likeness (QED) is 0.472. The van der Waals surface area contributed by atoms with Gasteiger partial charge in [-0.2, -0.15) is 15.4 Å². The fourth-order valence-electron chi connectivity index (χ4n) is 1.43. The summed E-state index contributed by atoms with van der Waals surface area (Å²) in [4.78, 5) is 0. The number of rotatable bonds is 6. The van der Waals surface area contributed by atoms with Gasteiger partial charge in [-0.05, 0) is 12.3 Å². The van der Waals surface area contributed by atoms with E-state index in [0.29, 0.717) is 0 Å². The van der Waals surface area contributed by atoms with Gasteiger partial charge in [0.25, 0.3) is 0 Å². The Balaban J connectivity index is 2.33. The highest BCUT2D eigenvalue weighted by Gasteiger charge is 2.11. The zero-order valence-corrected chi connectivity index (χ0v) is 8.83. The zero-order valence-electron chi connectivity index (χ0n) is 8.83. The minimum Gasteiger partial charge on any atom is -0.271 e. The summed E-state index contributed by atoms with van der Waals surface area (Å²) < 4.78 is 0. The van der Waals surface area contributed by atoms with E-state index < -0.39 is 0 Å². The average molecular weight is 197 g/mol. The maximum Gasteiger partial charge on any atom is 0.101 e. The molecule has 1 unspecified atom stereocenters. The van der Waals surface area contributed by atoms with Gasteiger partial charge < -0.3 is 0 Å². The minimum atomic E-state index is 0.118. The molecule has 0 fully saturated rings. The van der Waals surface area contributed by atoms with Gasteiger partial charge in [0.1, 0.15) is 5.69 Å². The predicted molar refractivity (Wildman–Crippen MR) is 55.1 cm³/mol. The first-order chi connectivity index (χ1) is 6.74. The van der Waals surface area contributed by atoms with Crippen LogP contribution in [0.15, 0.2) is 6.20 Å². The van der Waals surface area contributed by atoms with Gasteiger partial charge in [-0.15, -0.1) is 0 Å². The van der Waals surface area contributed by atoms with Crippen molar-refractivity contribution in [2.24, 2.45) is 11.8 Å². The standard InChI is InChI=1S/C9H19N5/c1-7(2)4-3-5-8(12-10)9-6-11-14-13-9/h6-8,12H,3-5,10H2,1-2H3,(H,11,13,14). The van der Waals surface area contributed by atoms with E-state index in [9.17, 15) is 0 Å². The summed E-state index contributed by atoms with van der Waals surface area (Å²) in [7, 11) is 0. The van der Waals surface area contributed by atoms with Crippen LogP contribution >= 0.6 is 0 Å². The van der Waals surface area contributed by atoms with Gasteiger partial charge in [-0.1, -0.05) is 26.7 Å². The van der Waals surface area contributed by atoms with Crippen LogP contribution < -0.4 is 11.3 Å². The highest BCUT2D eigenvalue weighted by molar-refractivity contribution is 4.98. The van der Waals surface area contributed by atoms with Crippen molar-refractivity contribution >= 4 is 0 Å². The van der Waals surface area contributed by atoms with E-state index >= 15 is 0 Å². The Morgan fingerprint density at radius 1 is 1.50 bits per heavy atom. The molecule has 80 valence electrons. The lowest BCUT2D eigenvalue weighted by molar-refractivity contribution is 0.448. The summed E-state index contributed by atoms with van der Waals surface area (Å²) in [6.45, 7) is 4.45. The summed E-state index contributed by atoms with van der Waals surface area (Å²) in [6.07, 6.45) is 5.08. The number of hydrogen-bond donors (Lipinski definition) is 3. The molecule has 0 spiro atoms. The molecule has 1 heterocycles. The van der Waals surface area contributed by atoms with Crippen molar-refractivity contribution < 1.29 is 0 Å². The first kappa shape index (κ1) is 11.1. The number of nitrogens with one attached hydrogen (secondary N) is 2. The molecule has 0 aliphatic heterocycles. The molecule has 0 amide bonds. The first-order valence-electron chi connectivity index (χ1n) is 5.05. The minimum absolute atomic E-state index is 0.118. The summed E-state index contributed by atoms with van der Waals surface area (Å²) >= 11 is 0. The third kappa shape index (κ3) is 3.43. The SMILES string of the molecule is CC(C)CCCC(NN)c1cn[nH]n1.